The quantitative estimate of drug-likeness (QED) is 0.830. The molecule has 0 atom stereocenters. The highest BCUT2D eigenvalue weighted by molar-refractivity contribution is 5.68. The van der Waals surface area contributed by atoms with Gasteiger partial charge >= 0.3 is 0 Å². The van der Waals surface area contributed by atoms with Gasteiger partial charge in [-0.25, -0.2) is 4.98 Å². The predicted octanol–water partition coefficient (Wildman–Crippen LogP) is 1.88. The maximum Gasteiger partial charge on any atom is 0.198 e. The number of fused-ring (bicyclic) bond motifs is 1. The molecule has 0 amide bonds. The van der Waals surface area contributed by atoms with E-state index >= 15 is 0 Å². The Bertz CT molecular complexity index is 462. The van der Waals surface area contributed by atoms with Crippen LogP contribution in [-0.4, -0.2) is 9.97 Å². The molecular formula is C11H15N3O. The first-order valence-corrected chi connectivity index (χ1v) is 5.13. The summed E-state index contributed by atoms with van der Waals surface area (Å²) >= 11 is 0. The van der Waals surface area contributed by atoms with Gasteiger partial charge in [-0.05, 0) is 17.5 Å². The number of hydrogen-bond donors (Lipinski definition) is 1. The molecule has 0 aromatic carbocycles. The standard InChI is InChI=1S/C11H15N3O/c1-7(2)3-10-14-11-9(15-10)4-8(5-12)6-13-11/h4,6-7H,3,5,12H2,1-2H3. The van der Waals surface area contributed by atoms with Crippen molar-refractivity contribution in [2.75, 3.05) is 0 Å². The van der Waals surface area contributed by atoms with E-state index in [1.165, 1.54) is 0 Å². The van der Waals surface area contributed by atoms with Crippen molar-refractivity contribution in [1.29, 1.82) is 0 Å². The number of hydrogen-bond acceptors (Lipinski definition) is 4. The van der Waals surface area contributed by atoms with Crippen molar-refractivity contribution in [3.05, 3.63) is 23.7 Å². The average molecular weight is 205 g/mol. The smallest absolute Gasteiger partial charge is 0.198 e. The molecule has 0 aliphatic rings. The Kier molecular flexibility index (Phi) is 2.68. The molecule has 4 heteroatoms. The van der Waals surface area contributed by atoms with E-state index in [4.69, 9.17) is 10.2 Å². The Hall–Kier alpha value is -1.42. The molecule has 0 fully saturated rings. The molecule has 2 heterocycles. The highest BCUT2D eigenvalue weighted by Crippen LogP contribution is 2.16. The fraction of sp³-hybridized carbons (Fsp3) is 0.455. The molecule has 15 heavy (non-hydrogen) atoms. The number of nitrogens with zero attached hydrogens (tertiary/aromatic N) is 2. The van der Waals surface area contributed by atoms with E-state index < -0.39 is 0 Å². The van der Waals surface area contributed by atoms with E-state index in [0.29, 0.717) is 18.1 Å². The van der Waals surface area contributed by atoms with E-state index in [-0.39, 0.29) is 0 Å². The lowest BCUT2D eigenvalue weighted by Gasteiger charge is -1.96. The van der Waals surface area contributed by atoms with E-state index in [1.807, 2.05) is 6.07 Å². The van der Waals surface area contributed by atoms with Crippen molar-refractivity contribution in [2.24, 2.45) is 11.7 Å². The third-order valence-corrected chi connectivity index (χ3v) is 2.17. The first kappa shape index (κ1) is 10.1. The summed E-state index contributed by atoms with van der Waals surface area (Å²) in [4.78, 5) is 8.50. The van der Waals surface area contributed by atoms with Crippen LogP contribution >= 0.6 is 0 Å². The Morgan fingerprint density at radius 3 is 2.93 bits per heavy atom. The number of pyridine rings is 1. The molecule has 2 aromatic heterocycles. The molecule has 0 radical (unpaired) electrons. The third kappa shape index (κ3) is 2.15. The van der Waals surface area contributed by atoms with Gasteiger partial charge in [0.05, 0.1) is 0 Å². The normalized spacial score (nSPS) is 11.5. The average Bonchev–Trinajstić information content (AvgIpc) is 2.57. The first-order chi connectivity index (χ1) is 7.19. The van der Waals surface area contributed by atoms with Crippen molar-refractivity contribution in [1.82, 2.24) is 9.97 Å². The molecule has 4 nitrogen and oxygen atoms in total. The Morgan fingerprint density at radius 2 is 2.27 bits per heavy atom. The zero-order valence-electron chi connectivity index (χ0n) is 9.03. The second-order valence-electron chi connectivity index (χ2n) is 4.08. The zero-order chi connectivity index (χ0) is 10.8. The maximum absolute atomic E-state index is 5.59. The summed E-state index contributed by atoms with van der Waals surface area (Å²) in [5.74, 6) is 1.29. The minimum atomic E-state index is 0.475. The van der Waals surface area contributed by atoms with Gasteiger partial charge in [-0.2, -0.15) is 4.98 Å². The lowest BCUT2D eigenvalue weighted by molar-refractivity contribution is 0.482. The molecule has 0 aliphatic carbocycles. The van der Waals surface area contributed by atoms with Gasteiger partial charge in [0.15, 0.2) is 17.1 Å². The molecule has 2 rings (SSSR count). The topological polar surface area (TPSA) is 64.9 Å². The van der Waals surface area contributed by atoms with Crippen molar-refractivity contribution < 1.29 is 4.42 Å². The SMILES string of the molecule is CC(C)Cc1nc2ncc(CN)cc2o1. The largest absolute Gasteiger partial charge is 0.439 e. The number of nitrogens with two attached hydrogens (primary N) is 1. The highest BCUT2D eigenvalue weighted by atomic mass is 16.3. The fourth-order valence-corrected chi connectivity index (χ4v) is 1.45. The van der Waals surface area contributed by atoms with Crippen LogP contribution in [0.2, 0.25) is 0 Å². The molecule has 0 saturated heterocycles. The molecule has 80 valence electrons. The lowest BCUT2D eigenvalue weighted by Crippen LogP contribution is -1.96. The van der Waals surface area contributed by atoms with E-state index in [0.717, 1.165) is 23.5 Å². The van der Waals surface area contributed by atoms with Crippen LogP contribution in [0.25, 0.3) is 11.2 Å². The monoisotopic (exact) mass is 205 g/mol. The van der Waals surface area contributed by atoms with Crippen LogP contribution in [0.1, 0.15) is 25.3 Å². The van der Waals surface area contributed by atoms with Crippen LogP contribution in [0.3, 0.4) is 0 Å². The fourth-order valence-electron chi connectivity index (χ4n) is 1.45. The summed E-state index contributed by atoms with van der Waals surface area (Å²) in [6, 6.07) is 1.90. The minimum Gasteiger partial charge on any atom is -0.439 e. The molecule has 2 N–H and O–H groups in total. The molecule has 0 spiro atoms. The summed E-state index contributed by atoms with van der Waals surface area (Å²) < 4.78 is 5.59. The van der Waals surface area contributed by atoms with Gasteiger partial charge in [-0.3, -0.25) is 0 Å². The highest BCUT2D eigenvalue weighted by Gasteiger charge is 2.08. The molecule has 0 saturated carbocycles. The minimum absolute atomic E-state index is 0.475. The van der Waals surface area contributed by atoms with Crippen LogP contribution in [-0.2, 0) is 13.0 Å². The van der Waals surface area contributed by atoms with Crippen molar-refractivity contribution >= 4 is 11.2 Å². The van der Waals surface area contributed by atoms with Crippen LogP contribution < -0.4 is 5.73 Å². The Morgan fingerprint density at radius 1 is 1.47 bits per heavy atom. The second kappa shape index (κ2) is 3.98. The molecule has 2 aromatic rings. The van der Waals surface area contributed by atoms with Gasteiger partial charge in [0.1, 0.15) is 0 Å². The van der Waals surface area contributed by atoms with Crippen LogP contribution in [0.15, 0.2) is 16.7 Å². The van der Waals surface area contributed by atoms with Gasteiger partial charge in [0.25, 0.3) is 0 Å². The number of rotatable bonds is 3. The first-order valence-electron chi connectivity index (χ1n) is 5.13. The summed E-state index contributed by atoms with van der Waals surface area (Å²) in [6.45, 7) is 4.74. The predicted molar refractivity (Wildman–Crippen MR) is 58.2 cm³/mol. The summed E-state index contributed by atoms with van der Waals surface area (Å²) in [6.07, 6.45) is 2.58. The molecule has 0 bridgehead atoms. The summed E-state index contributed by atoms with van der Waals surface area (Å²) in [7, 11) is 0. The number of aromatic nitrogens is 2. The Labute approximate surface area is 88.5 Å². The maximum atomic E-state index is 5.59. The van der Waals surface area contributed by atoms with E-state index in [9.17, 15) is 0 Å². The summed E-state index contributed by atoms with van der Waals surface area (Å²) in [5, 5.41) is 0. The summed E-state index contributed by atoms with van der Waals surface area (Å²) in [5.41, 5.74) is 7.89. The van der Waals surface area contributed by atoms with Crippen molar-refractivity contribution in [2.45, 2.75) is 26.8 Å². The molecule has 0 aliphatic heterocycles. The van der Waals surface area contributed by atoms with Crippen LogP contribution in [0.5, 0.6) is 0 Å². The van der Waals surface area contributed by atoms with Gasteiger partial charge in [-0.15, -0.1) is 0 Å². The lowest BCUT2D eigenvalue weighted by atomic mass is 10.1. The van der Waals surface area contributed by atoms with Gasteiger partial charge in [0, 0.05) is 19.2 Å². The van der Waals surface area contributed by atoms with Gasteiger partial charge < -0.3 is 10.2 Å². The third-order valence-electron chi connectivity index (χ3n) is 2.17. The van der Waals surface area contributed by atoms with Crippen LogP contribution in [0.4, 0.5) is 0 Å². The van der Waals surface area contributed by atoms with E-state index in [1.54, 1.807) is 6.20 Å². The Balaban J connectivity index is 2.37. The molecule has 0 unspecified atom stereocenters. The van der Waals surface area contributed by atoms with Crippen molar-refractivity contribution in [3.8, 4) is 0 Å². The van der Waals surface area contributed by atoms with Crippen molar-refractivity contribution in [3.63, 3.8) is 0 Å². The second-order valence-corrected chi connectivity index (χ2v) is 4.08. The van der Waals surface area contributed by atoms with E-state index in [2.05, 4.69) is 23.8 Å². The number of oxazole rings is 1. The van der Waals surface area contributed by atoms with Gasteiger partial charge in [-0.1, -0.05) is 13.8 Å². The molecular weight excluding hydrogens is 190 g/mol. The zero-order valence-corrected chi connectivity index (χ0v) is 9.03. The van der Waals surface area contributed by atoms with Crippen LogP contribution in [0, 0.1) is 5.92 Å². The van der Waals surface area contributed by atoms with Gasteiger partial charge in [0.2, 0.25) is 0 Å².